The number of esters is 1. The van der Waals surface area contributed by atoms with E-state index >= 15 is 0 Å². The molecule has 0 saturated carbocycles. The van der Waals surface area contributed by atoms with Crippen LogP contribution in [0.15, 0.2) is 0 Å². The summed E-state index contributed by atoms with van der Waals surface area (Å²) in [5.41, 5.74) is -5.65. The molecule has 0 aromatic heterocycles. The van der Waals surface area contributed by atoms with Crippen molar-refractivity contribution in [3.8, 4) is 0 Å². The fraction of sp³-hybridized carbons (Fsp3) is 0.909. The fourth-order valence-corrected chi connectivity index (χ4v) is 2.87. The number of methoxy groups -OCH3 is 1. The third kappa shape index (κ3) is 3.60. The maximum Gasteiger partial charge on any atom is 0.523 e. The molecule has 0 unspecified atom stereocenters. The van der Waals surface area contributed by atoms with E-state index in [1.165, 1.54) is 13.8 Å². The molecule has 0 N–H and O–H groups in total. The zero-order valence-electron chi connectivity index (χ0n) is 12.3. The van der Waals surface area contributed by atoms with Crippen molar-refractivity contribution in [1.29, 1.82) is 0 Å². The zero-order valence-corrected chi connectivity index (χ0v) is 13.1. The summed E-state index contributed by atoms with van der Waals surface area (Å²) in [6.07, 6.45) is -5.76. The van der Waals surface area contributed by atoms with Crippen LogP contribution in [-0.2, 0) is 38.0 Å². The average molecular weight is 364 g/mol. The van der Waals surface area contributed by atoms with Crippen LogP contribution in [0.3, 0.4) is 0 Å². The van der Waals surface area contributed by atoms with Crippen LogP contribution in [0.5, 0.6) is 0 Å². The number of hydrogen-bond donors (Lipinski definition) is 0. The van der Waals surface area contributed by atoms with Crippen LogP contribution >= 0.6 is 0 Å². The Morgan fingerprint density at radius 2 is 1.91 bits per heavy atom. The van der Waals surface area contributed by atoms with Crippen molar-refractivity contribution in [2.24, 2.45) is 0 Å². The van der Waals surface area contributed by atoms with Crippen LogP contribution in [0.4, 0.5) is 13.2 Å². The third-order valence-electron chi connectivity index (χ3n) is 3.28. The summed E-state index contributed by atoms with van der Waals surface area (Å²) >= 11 is 0. The minimum Gasteiger partial charge on any atom is -0.467 e. The molecule has 0 aromatic rings. The SMILES string of the molecule is COC(=O)[C@H]1O[C@@H]2COC(C)(C)O[C@@H]2[C@H]1OS(=O)(=O)C(F)(F)F. The van der Waals surface area contributed by atoms with Crippen molar-refractivity contribution >= 4 is 16.1 Å². The average Bonchev–Trinajstić information content (AvgIpc) is 2.73. The Labute approximate surface area is 129 Å². The lowest BCUT2D eigenvalue weighted by Crippen LogP contribution is -2.52. The van der Waals surface area contributed by atoms with Crippen molar-refractivity contribution in [1.82, 2.24) is 0 Å². The van der Waals surface area contributed by atoms with Crippen molar-refractivity contribution < 1.29 is 49.5 Å². The third-order valence-corrected chi connectivity index (χ3v) is 4.32. The lowest BCUT2D eigenvalue weighted by molar-refractivity contribution is -0.299. The van der Waals surface area contributed by atoms with Gasteiger partial charge in [0.2, 0.25) is 0 Å². The molecule has 2 fully saturated rings. The molecule has 2 aliphatic heterocycles. The Balaban J connectivity index is 2.32. The monoisotopic (exact) mass is 364 g/mol. The topological polar surface area (TPSA) is 97.4 Å². The number of fused-ring (bicyclic) bond motifs is 1. The van der Waals surface area contributed by atoms with E-state index in [0.717, 1.165) is 7.11 Å². The Morgan fingerprint density at radius 3 is 2.43 bits per heavy atom. The van der Waals surface area contributed by atoms with Gasteiger partial charge in [0.1, 0.15) is 18.3 Å². The van der Waals surface area contributed by atoms with E-state index in [0.29, 0.717) is 0 Å². The van der Waals surface area contributed by atoms with Gasteiger partial charge in [0.25, 0.3) is 0 Å². The second kappa shape index (κ2) is 5.84. The van der Waals surface area contributed by atoms with Gasteiger partial charge in [-0.25, -0.2) is 4.79 Å². The van der Waals surface area contributed by atoms with Gasteiger partial charge in [0.15, 0.2) is 11.9 Å². The van der Waals surface area contributed by atoms with Gasteiger partial charge < -0.3 is 18.9 Å². The smallest absolute Gasteiger partial charge is 0.467 e. The van der Waals surface area contributed by atoms with Crippen molar-refractivity contribution in [2.75, 3.05) is 13.7 Å². The molecule has 2 rings (SSSR count). The highest BCUT2D eigenvalue weighted by Gasteiger charge is 2.59. The molecule has 8 nitrogen and oxygen atoms in total. The molecular formula is C11H15F3O8S. The van der Waals surface area contributed by atoms with Crippen LogP contribution < -0.4 is 0 Å². The predicted molar refractivity (Wildman–Crippen MR) is 65.4 cm³/mol. The van der Waals surface area contributed by atoms with E-state index in [9.17, 15) is 26.4 Å². The summed E-state index contributed by atoms with van der Waals surface area (Å²) in [4.78, 5) is 11.7. The van der Waals surface area contributed by atoms with Gasteiger partial charge >= 0.3 is 21.6 Å². The van der Waals surface area contributed by atoms with Crippen LogP contribution in [0, 0.1) is 0 Å². The van der Waals surface area contributed by atoms with Gasteiger partial charge in [-0.2, -0.15) is 21.6 Å². The Kier molecular flexibility index (Phi) is 4.67. The standard InChI is InChI=1S/C11H15F3O8S/c1-10(2)19-4-5-6(21-10)7(8(20-5)9(15)18-3)22-23(16,17)11(12,13)14/h5-8H,4H2,1-3H3/t5-,6+,7-,8+/m1/s1. The highest BCUT2D eigenvalue weighted by atomic mass is 32.2. The molecular weight excluding hydrogens is 349 g/mol. The van der Waals surface area contributed by atoms with Crippen LogP contribution in [-0.4, -0.2) is 63.8 Å². The van der Waals surface area contributed by atoms with E-state index in [2.05, 4.69) is 8.92 Å². The molecule has 0 radical (unpaired) electrons. The molecule has 2 aliphatic rings. The minimum absolute atomic E-state index is 0.114. The molecule has 0 spiro atoms. The van der Waals surface area contributed by atoms with E-state index in [4.69, 9.17) is 14.2 Å². The maximum atomic E-state index is 12.5. The van der Waals surface area contributed by atoms with E-state index in [1.54, 1.807) is 0 Å². The van der Waals surface area contributed by atoms with Crippen molar-refractivity contribution in [3.63, 3.8) is 0 Å². The molecule has 0 amide bonds. The number of rotatable bonds is 3. The first-order valence-corrected chi connectivity index (χ1v) is 7.83. The van der Waals surface area contributed by atoms with Crippen LogP contribution in [0.1, 0.15) is 13.8 Å². The summed E-state index contributed by atoms with van der Waals surface area (Å²) in [6.45, 7) is 2.84. The van der Waals surface area contributed by atoms with Gasteiger partial charge in [-0.3, -0.25) is 4.18 Å². The molecule has 23 heavy (non-hydrogen) atoms. The van der Waals surface area contributed by atoms with Gasteiger partial charge in [-0.1, -0.05) is 0 Å². The summed E-state index contributed by atoms with van der Waals surface area (Å²) in [5.74, 6) is -2.29. The van der Waals surface area contributed by atoms with E-state index < -0.39 is 51.8 Å². The zero-order chi connectivity index (χ0) is 17.6. The molecule has 2 saturated heterocycles. The van der Waals surface area contributed by atoms with Crippen LogP contribution in [0.2, 0.25) is 0 Å². The van der Waals surface area contributed by atoms with Crippen molar-refractivity contribution in [2.45, 2.75) is 49.6 Å². The van der Waals surface area contributed by atoms with Crippen molar-refractivity contribution in [3.05, 3.63) is 0 Å². The Morgan fingerprint density at radius 1 is 1.30 bits per heavy atom. The van der Waals surface area contributed by atoms with Gasteiger partial charge in [0.05, 0.1) is 13.7 Å². The van der Waals surface area contributed by atoms with Gasteiger partial charge in [0, 0.05) is 0 Å². The normalized spacial score (nSPS) is 34.0. The summed E-state index contributed by atoms with van der Waals surface area (Å²) in [6, 6.07) is 0. The van der Waals surface area contributed by atoms with Gasteiger partial charge in [-0.05, 0) is 13.8 Å². The summed E-state index contributed by atoms with van der Waals surface area (Å²) in [7, 11) is -4.98. The first-order valence-electron chi connectivity index (χ1n) is 6.42. The largest absolute Gasteiger partial charge is 0.523 e. The number of carbonyl (C=O) groups excluding carboxylic acids is 1. The molecule has 12 heteroatoms. The molecule has 0 aromatic carbocycles. The van der Waals surface area contributed by atoms with E-state index in [1.807, 2.05) is 0 Å². The first-order chi connectivity index (χ1) is 10.4. The second-order valence-corrected chi connectivity index (χ2v) is 6.94. The quantitative estimate of drug-likeness (QED) is 0.401. The molecule has 134 valence electrons. The number of carbonyl (C=O) groups is 1. The second-order valence-electron chi connectivity index (χ2n) is 5.37. The Bertz CT molecular complexity index is 572. The lowest BCUT2D eigenvalue weighted by Gasteiger charge is -2.38. The molecule has 4 atom stereocenters. The lowest BCUT2D eigenvalue weighted by atomic mass is 10.1. The van der Waals surface area contributed by atoms with Crippen LogP contribution in [0.25, 0.3) is 0 Å². The number of hydrogen-bond acceptors (Lipinski definition) is 8. The summed E-state index contributed by atoms with van der Waals surface area (Å²) in [5, 5.41) is 0. The van der Waals surface area contributed by atoms with Gasteiger partial charge in [-0.15, -0.1) is 0 Å². The number of alkyl halides is 3. The molecule has 0 aliphatic carbocycles. The van der Waals surface area contributed by atoms with E-state index in [-0.39, 0.29) is 6.61 Å². The predicted octanol–water partition coefficient (Wildman–Crippen LogP) is 0.313. The highest BCUT2D eigenvalue weighted by Crippen LogP contribution is 2.38. The summed E-state index contributed by atoms with van der Waals surface area (Å²) < 4.78 is 84.6. The first kappa shape index (κ1) is 18.4. The minimum atomic E-state index is -5.95. The fourth-order valence-electron chi connectivity index (χ4n) is 2.26. The molecule has 2 heterocycles. The number of halogens is 3. The number of ether oxygens (including phenoxy) is 4. The molecule has 0 bridgehead atoms. The Hall–Kier alpha value is -0.950. The highest BCUT2D eigenvalue weighted by molar-refractivity contribution is 7.87. The maximum absolute atomic E-state index is 12.5.